The molecule has 0 aromatic heterocycles. The maximum atomic E-state index is 10.6. The van der Waals surface area contributed by atoms with Crippen LogP contribution in [-0.2, 0) is 14.3 Å². The molecule has 0 aliphatic heterocycles. The molecule has 0 unspecified atom stereocenters. The summed E-state index contributed by atoms with van der Waals surface area (Å²) in [5.74, 6) is -0.364. The zero-order valence-electron chi connectivity index (χ0n) is 7.74. The molecule has 0 aromatic carbocycles. The van der Waals surface area contributed by atoms with Crippen molar-refractivity contribution in [3.63, 3.8) is 0 Å². The van der Waals surface area contributed by atoms with E-state index in [4.69, 9.17) is 10.4 Å². The number of esters is 1. The Morgan fingerprint density at radius 2 is 2.08 bits per heavy atom. The summed E-state index contributed by atoms with van der Waals surface area (Å²) in [6, 6.07) is 0. The third kappa shape index (κ3) is 13.5. The van der Waals surface area contributed by atoms with Crippen LogP contribution >= 0.6 is 0 Å². The monoisotopic (exact) mass is 187 g/mol. The van der Waals surface area contributed by atoms with E-state index >= 15 is 0 Å². The fourth-order valence-corrected chi connectivity index (χ4v) is 0.341. The molecule has 0 aliphatic rings. The number of aliphatic hydroxyl groups excluding tert-OH is 1. The Balaban J connectivity index is 0. The molecule has 13 heavy (non-hydrogen) atoms. The van der Waals surface area contributed by atoms with Gasteiger partial charge in [-0.15, -0.1) is 0 Å². The summed E-state index contributed by atoms with van der Waals surface area (Å²) in [6.07, 6.45) is 0.750. The Morgan fingerprint density at radius 3 is 2.38 bits per heavy atom. The van der Waals surface area contributed by atoms with E-state index in [0.29, 0.717) is 18.8 Å². The maximum absolute atomic E-state index is 10.6. The van der Waals surface area contributed by atoms with Crippen molar-refractivity contribution in [2.75, 3.05) is 20.3 Å². The highest BCUT2D eigenvalue weighted by Crippen LogP contribution is 1.90. The number of carbonyl (C=O) groups excluding carboxylic acids is 1. The van der Waals surface area contributed by atoms with Gasteiger partial charge in [0.25, 0.3) is 6.26 Å². The van der Waals surface area contributed by atoms with Crippen LogP contribution in [0, 0.1) is 11.5 Å². The van der Waals surface area contributed by atoms with Crippen LogP contribution in [0.2, 0.25) is 0 Å². The second-order valence-electron chi connectivity index (χ2n) is 2.01. The van der Waals surface area contributed by atoms with E-state index in [1.54, 1.807) is 14.0 Å². The Labute approximate surface area is 77.2 Å². The van der Waals surface area contributed by atoms with Gasteiger partial charge in [0, 0.05) is 12.7 Å². The molecule has 5 heteroatoms. The molecule has 0 heterocycles. The van der Waals surface area contributed by atoms with Crippen molar-refractivity contribution >= 4 is 5.97 Å². The number of nitrogens with zero attached hydrogens (tertiary/aromatic N) is 1. The van der Waals surface area contributed by atoms with Crippen molar-refractivity contribution in [3.05, 3.63) is 12.2 Å². The van der Waals surface area contributed by atoms with E-state index < -0.39 is 0 Å². The van der Waals surface area contributed by atoms with Crippen LogP contribution in [0.4, 0.5) is 0 Å². The fraction of sp³-hybridized carbons (Fsp3) is 0.500. The highest BCUT2D eigenvalue weighted by molar-refractivity contribution is 5.86. The quantitative estimate of drug-likeness (QED) is 0.301. The lowest BCUT2D eigenvalue weighted by molar-refractivity contribution is -0.140. The van der Waals surface area contributed by atoms with Crippen molar-refractivity contribution in [1.82, 2.24) is 0 Å². The lowest BCUT2D eigenvalue weighted by Gasteiger charge is -2.01. The van der Waals surface area contributed by atoms with Crippen molar-refractivity contribution in [2.45, 2.75) is 6.92 Å². The van der Waals surface area contributed by atoms with E-state index in [2.05, 4.69) is 16.1 Å². The third-order valence-electron chi connectivity index (χ3n) is 0.869. The molecule has 1 N–H and O–H groups in total. The molecular formula is C8H13NO4. The molecule has 0 spiro atoms. The maximum Gasteiger partial charge on any atom is 0.333 e. The van der Waals surface area contributed by atoms with Gasteiger partial charge in [0.05, 0.1) is 6.61 Å². The second-order valence-corrected chi connectivity index (χ2v) is 2.01. The van der Waals surface area contributed by atoms with Crippen LogP contribution in [0.3, 0.4) is 0 Å². The molecule has 0 rings (SSSR count). The van der Waals surface area contributed by atoms with Crippen LogP contribution in [0.5, 0.6) is 0 Å². The standard InChI is InChI=1S/C7H12O3.CHNO/c1-6(2)7(8)10-5-4-9-3;2-1-3/h1,4-5H2,2-3H3;3H. The first-order valence-electron chi connectivity index (χ1n) is 3.44. The molecule has 0 amide bonds. The molecule has 0 bridgehead atoms. The molecule has 74 valence electrons. The molecule has 0 aromatic rings. The summed E-state index contributed by atoms with van der Waals surface area (Å²) in [4.78, 5) is 10.6. The van der Waals surface area contributed by atoms with Gasteiger partial charge in [-0.3, -0.25) is 0 Å². The zero-order valence-corrected chi connectivity index (χ0v) is 7.74. The minimum absolute atomic E-state index is 0.294. The number of aliphatic hydroxyl groups is 1. The molecule has 0 atom stereocenters. The van der Waals surface area contributed by atoms with Gasteiger partial charge in [0.15, 0.2) is 0 Å². The number of carbonyl (C=O) groups is 1. The van der Waals surface area contributed by atoms with E-state index in [0.717, 1.165) is 6.26 Å². The first-order valence-corrected chi connectivity index (χ1v) is 3.44. The number of ether oxygens (including phenoxy) is 2. The van der Waals surface area contributed by atoms with Crippen molar-refractivity contribution in [3.8, 4) is 6.26 Å². The van der Waals surface area contributed by atoms with Crippen molar-refractivity contribution in [1.29, 1.82) is 5.26 Å². The van der Waals surface area contributed by atoms with E-state index in [9.17, 15) is 4.79 Å². The Kier molecular flexibility index (Phi) is 11.3. The Hall–Kier alpha value is -1.54. The van der Waals surface area contributed by atoms with E-state index in [1.165, 1.54) is 0 Å². The van der Waals surface area contributed by atoms with Crippen molar-refractivity contribution < 1.29 is 19.4 Å². The summed E-state index contributed by atoms with van der Waals surface area (Å²) < 4.78 is 9.35. The van der Waals surface area contributed by atoms with Gasteiger partial charge in [0.1, 0.15) is 6.61 Å². The minimum Gasteiger partial charge on any atom is -0.460 e. The zero-order chi connectivity index (χ0) is 10.7. The molecule has 0 radical (unpaired) electrons. The predicted molar refractivity (Wildman–Crippen MR) is 45.2 cm³/mol. The normalized spacial score (nSPS) is 7.46. The summed E-state index contributed by atoms with van der Waals surface area (Å²) >= 11 is 0. The number of hydrogen-bond donors (Lipinski definition) is 1. The van der Waals surface area contributed by atoms with Gasteiger partial charge < -0.3 is 14.6 Å². The Bertz CT molecular complexity index is 195. The van der Waals surface area contributed by atoms with Crippen LogP contribution in [0.1, 0.15) is 6.92 Å². The van der Waals surface area contributed by atoms with Gasteiger partial charge in [-0.25, -0.2) is 4.79 Å². The van der Waals surface area contributed by atoms with Crippen LogP contribution in [0.15, 0.2) is 12.2 Å². The number of hydrogen-bond acceptors (Lipinski definition) is 5. The lowest BCUT2D eigenvalue weighted by Crippen LogP contribution is -2.09. The van der Waals surface area contributed by atoms with Gasteiger partial charge in [-0.1, -0.05) is 6.58 Å². The molecule has 5 nitrogen and oxygen atoms in total. The average molecular weight is 187 g/mol. The van der Waals surface area contributed by atoms with Gasteiger partial charge >= 0.3 is 5.97 Å². The topological polar surface area (TPSA) is 79.5 Å². The first kappa shape index (κ1) is 14.0. The Morgan fingerprint density at radius 1 is 1.62 bits per heavy atom. The summed E-state index contributed by atoms with van der Waals surface area (Å²) in [6.45, 7) is 5.75. The smallest absolute Gasteiger partial charge is 0.333 e. The minimum atomic E-state index is -0.364. The molecule has 0 aliphatic carbocycles. The highest BCUT2D eigenvalue weighted by atomic mass is 16.6. The predicted octanol–water partition coefficient (Wildman–Crippen LogP) is 0.592. The van der Waals surface area contributed by atoms with E-state index in [-0.39, 0.29) is 5.97 Å². The fourth-order valence-electron chi connectivity index (χ4n) is 0.341. The third-order valence-corrected chi connectivity index (χ3v) is 0.869. The molecule has 0 saturated carbocycles. The average Bonchev–Trinajstić information content (AvgIpc) is 2.06. The SMILES string of the molecule is C=C(C)C(=O)OCCOC.N#CO. The molecule has 0 fully saturated rings. The highest BCUT2D eigenvalue weighted by Gasteiger charge is 2.00. The van der Waals surface area contributed by atoms with Crippen LogP contribution < -0.4 is 0 Å². The number of methoxy groups -OCH3 is 1. The van der Waals surface area contributed by atoms with Crippen LogP contribution in [0.25, 0.3) is 0 Å². The molecule has 0 saturated heterocycles. The summed E-state index contributed by atoms with van der Waals surface area (Å²) in [7, 11) is 1.55. The van der Waals surface area contributed by atoms with E-state index in [1.807, 2.05) is 0 Å². The summed E-state index contributed by atoms with van der Waals surface area (Å²) in [5, 5.41) is 13.8. The summed E-state index contributed by atoms with van der Waals surface area (Å²) in [5.41, 5.74) is 0.413. The van der Waals surface area contributed by atoms with Gasteiger partial charge in [0.2, 0.25) is 0 Å². The van der Waals surface area contributed by atoms with Crippen molar-refractivity contribution in [2.24, 2.45) is 0 Å². The van der Waals surface area contributed by atoms with Crippen LogP contribution in [-0.4, -0.2) is 31.4 Å². The number of rotatable bonds is 4. The molecular weight excluding hydrogens is 174 g/mol. The first-order chi connectivity index (χ1) is 6.09. The second kappa shape index (κ2) is 10.5. The van der Waals surface area contributed by atoms with Gasteiger partial charge in [-0.2, -0.15) is 5.26 Å². The lowest BCUT2D eigenvalue weighted by atomic mass is 10.4. The number of nitriles is 1. The van der Waals surface area contributed by atoms with Gasteiger partial charge in [-0.05, 0) is 6.92 Å². The largest absolute Gasteiger partial charge is 0.460 e.